The van der Waals surface area contributed by atoms with Crippen LogP contribution in [-0.2, 0) is 11.3 Å². The number of hydrogen-bond donors (Lipinski definition) is 2. The third kappa shape index (κ3) is 6.13. The summed E-state index contributed by atoms with van der Waals surface area (Å²) in [5, 5.41) is 6.04. The van der Waals surface area contributed by atoms with Crippen LogP contribution in [0.3, 0.4) is 0 Å². The lowest BCUT2D eigenvalue weighted by Crippen LogP contribution is -2.44. The van der Waals surface area contributed by atoms with E-state index >= 15 is 0 Å². The predicted octanol–water partition coefficient (Wildman–Crippen LogP) is 4.13. The van der Waals surface area contributed by atoms with Gasteiger partial charge in [-0.1, -0.05) is 19.3 Å². The maximum Gasteiger partial charge on any atom is 0.256 e. The summed E-state index contributed by atoms with van der Waals surface area (Å²) in [5.41, 5.74) is 1.44. The van der Waals surface area contributed by atoms with Crippen molar-refractivity contribution in [1.82, 2.24) is 15.2 Å². The van der Waals surface area contributed by atoms with Crippen LogP contribution < -0.4 is 10.6 Å². The largest absolute Gasteiger partial charge is 0.353 e. The van der Waals surface area contributed by atoms with Gasteiger partial charge in [0.15, 0.2) is 0 Å². The standard InChI is InChI=1S/C25H31FN4O2/c26-21-8-6-19(7-9-21)25(32)29-23-16-18(10-13-27-23)17-30-14-11-20(12-15-30)24(31)28-22-4-2-1-3-5-22/h6-10,13,16,20,22H,1-5,11-12,14-15,17H2,(H,28,31)(H,27,29,32). The van der Waals surface area contributed by atoms with E-state index < -0.39 is 0 Å². The SMILES string of the molecule is O=C(Nc1cc(CN2CCC(C(=O)NC3CCCCC3)CC2)ccn1)c1ccc(F)cc1. The first-order valence-electron chi connectivity index (χ1n) is 11.6. The quantitative estimate of drug-likeness (QED) is 0.711. The molecule has 2 aromatic rings. The van der Waals surface area contributed by atoms with Crippen molar-refractivity contribution in [3.8, 4) is 0 Å². The minimum atomic E-state index is -0.378. The van der Waals surface area contributed by atoms with E-state index in [4.69, 9.17) is 0 Å². The van der Waals surface area contributed by atoms with Crippen molar-refractivity contribution in [3.63, 3.8) is 0 Å². The van der Waals surface area contributed by atoms with Gasteiger partial charge >= 0.3 is 0 Å². The number of carbonyl (C=O) groups is 2. The van der Waals surface area contributed by atoms with Gasteiger partial charge in [0.1, 0.15) is 11.6 Å². The van der Waals surface area contributed by atoms with Crippen LogP contribution >= 0.6 is 0 Å². The highest BCUT2D eigenvalue weighted by Gasteiger charge is 2.27. The molecule has 2 fully saturated rings. The average molecular weight is 439 g/mol. The Bertz CT molecular complexity index is 920. The number of likely N-dealkylation sites (tertiary alicyclic amines) is 1. The molecular weight excluding hydrogens is 407 g/mol. The Kier molecular flexibility index (Phi) is 7.47. The summed E-state index contributed by atoms with van der Waals surface area (Å²) in [6, 6.07) is 9.59. The number of hydrogen-bond acceptors (Lipinski definition) is 4. The molecule has 170 valence electrons. The second-order valence-electron chi connectivity index (χ2n) is 8.90. The molecule has 2 amide bonds. The Morgan fingerprint density at radius 3 is 2.44 bits per heavy atom. The normalized spacial score (nSPS) is 18.3. The Balaban J connectivity index is 1.25. The molecule has 2 aliphatic rings. The van der Waals surface area contributed by atoms with Crippen LogP contribution in [0.4, 0.5) is 10.2 Å². The number of piperidine rings is 1. The number of anilines is 1. The summed E-state index contributed by atoms with van der Waals surface area (Å²) in [6.07, 6.45) is 9.40. The fraction of sp³-hybridized carbons (Fsp3) is 0.480. The highest BCUT2D eigenvalue weighted by atomic mass is 19.1. The van der Waals surface area contributed by atoms with Crippen LogP contribution in [0.1, 0.15) is 60.9 Å². The Morgan fingerprint density at radius 2 is 1.72 bits per heavy atom. The summed E-state index contributed by atoms with van der Waals surface area (Å²) in [4.78, 5) is 31.5. The summed E-state index contributed by atoms with van der Waals surface area (Å²) >= 11 is 0. The van der Waals surface area contributed by atoms with Crippen LogP contribution in [0.15, 0.2) is 42.6 Å². The second kappa shape index (κ2) is 10.7. The zero-order valence-corrected chi connectivity index (χ0v) is 18.4. The number of nitrogens with zero attached hydrogens (tertiary/aromatic N) is 2. The summed E-state index contributed by atoms with van der Waals surface area (Å²) in [6.45, 7) is 2.50. The van der Waals surface area contributed by atoms with E-state index in [0.717, 1.165) is 50.9 Å². The molecule has 2 N–H and O–H groups in total. The molecule has 1 aromatic heterocycles. The van der Waals surface area contributed by atoms with Gasteiger partial charge in [0, 0.05) is 30.3 Å². The smallest absolute Gasteiger partial charge is 0.256 e. The number of aromatic nitrogens is 1. The molecule has 2 heterocycles. The van der Waals surface area contributed by atoms with Crippen molar-refractivity contribution in [1.29, 1.82) is 0 Å². The molecule has 6 nitrogen and oxygen atoms in total. The van der Waals surface area contributed by atoms with Crippen LogP contribution in [-0.4, -0.2) is 40.8 Å². The van der Waals surface area contributed by atoms with Crippen molar-refractivity contribution in [3.05, 3.63) is 59.5 Å². The highest BCUT2D eigenvalue weighted by molar-refractivity contribution is 6.03. The molecule has 1 aliphatic carbocycles. The first kappa shape index (κ1) is 22.4. The van der Waals surface area contributed by atoms with Crippen molar-refractivity contribution in [2.45, 2.75) is 57.5 Å². The third-order valence-corrected chi connectivity index (χ3v) is 6.49. The zero-order chi connectivity index (χ0) is 22.3. The first-order chi connectivity index (χ1) is 15.6. The minimum Gasteiger partial charge on any atom is -0.353 e. The number of benzene rings is 1. The number of rotatable bonds is 6. The van der Waals surface area contributed by atoms with Gasteiger partial charge in [0.25, 0.3) is 5.91 Å². The van der Waals surface area contributed by atoms with Crippen molar-refractivity contribution < 1.29 is 14.0 Å². The fourth-order valence-electron chi connectivity index (χ4n) is 4.61. The lowest BCUT2D eigenvalue weighted by atomic mass is 9.92. The lowest BCUT2D eigenvalue weighted by molar-refractivity contribution is -0.127. The van der Waals surface area contributed by atoms with Gasteiger partial charge in [-0.2, -0.15) is 0 Å². The van der Waals surface area contributed by atoms with Crippen LogP contribution in [0.5, 0.6) is 0 Å². The summed E-state index contributed by atoms with van der Waals surface area (Å²) in [7, 11) is 0. The van der Waals surface area contributed by atoms with E-state index in [1.165, 1.54) is 43.5 Å². The first-order valence-corrected chi connectivity index (χ1v) is 11.6. The average Bonchev–Trinajstić information content (AvgIpc) is 2.81. The monoisotopic (exact) mass is 438 g/mol. The van der Waals surface area contributed by atoms with E-state index in [9.17, 15) is 14.0 Å². The Morgan fingerprint density at radius 1 is 1.00 bits per heavy atom. The predicted molar refractivity (Wildman–Crippen MR) is 122 cm³/mol. The van der Waals surface area contributed by atoms with E-state index in [1.54, 1.807) is 6.20 Å². The van der Waals surface area contributed by atoms with Gasteiger partial charge in [-0.15, -0.1) is 0 Å². The topological polar surface area (TPSA) is 74.3 Å². The molecule has 1 aromatic carbocycles. The molecule has 1 saturated heterocycles. The van der Waals surface area contributed by atoms with Crippen molar-refractivity contribution in [2.24, 2.45) is 5.92 Å². The van der Waals surface area contributed by atoms with Crippen LogP contribution in [0.25, 0.3) is 0 Å². The van der Waals surface area contributed by atoms with Crippen LogP contribution in [0, 0.1) is 11.7 Å². The van der Waals surface area contributed by atoms with Gasteiger partial charge in [0.05, 0.1) is 0 Å². The van der Waals surface area contributed by atoms with Crippen molar-refractivity contribution >= 4 is 17.6 Å². The maximum absolute atomic E-state index is 13.1. The molecule has 0 bridgehead atoms. The zero-order valence-electron chi connectivity index (χ0n) is 18.4. The third-order valence-electron chi connectivity index (χ3n) is 6.49. The number of halogens is 1. The Hall–Kier alpha value is -2.80. The molecule has 1 aliphatic heterocycles. The maximum atomic E-state index is 13.1. The van der Waals surface area contributed by atoms with Crippen LogP contribution in [0.2, 0.25) is 0 Å². The molecular formula is C25H31FN4O2. The molecule has 0 spiro atoms. The number of carbonyl (C=O) groups excluding carboxylic acids is 2. The molecule has 32 heavy (non-hydrogen) atoms. The van der Waals surface area contributed by atoms with Gasteiger partial charge in [0.2, 0.25) is 5.91 Å². The molecule has 4 rings (SSSR count). The second-order valence-corrected chi connectivity index (χ2v) is 8.90. The van der Waals surface area contributed by atoms with E-state index in [-0.39, 0.29) is 23.5 Å². The Labute approximate surface area is 188 Å². The molecule has 0 unspecified atom stereocenters. The van der Waals surface area contributed by atoms with E-state index in [0.29, 0.717) is 17.4 Å². The minimum absolute atomic E-state index is 0.108. The fourth-order valence-corrected chi connectivity index (χ4v) is 4.61. The van der Waals surface area contributed by atoms with E-state index in [1.807, 2.05) is 12.1 Å². The summed E-state index contributed by atoms with van der Waals surface area (Å²) < 4.78 is 13.1. The number of pyridine rings is 1. The van der Waals surface area contributed by atoms with Gasteiger partial charge in [-0.25, -0.2) is 9.37 Å². The highest BCUT2D eigenvalue weighted by Crippen LogP contribution is 2.22. The summed E-state index contributed by atoms with van der Waals surface area (Å²) in [5.74, 6) is 0.109. The molecule has 0 radical (unpaired) electrons. The van der Waals surface area contributed by atoms with Crippen molar-refractivity contribution in [2.75, 3.05) is 18.4 Å². The van der Waals surface area contributed by atoms with Gasteiger partial charge in [-0.05, 0) is 80.7 Å². The lowest BCUT2D eigenvalue weighted by Gasteiger charge is -2.32. The van der Waals surface area contributed by atoms with E-state index in [2.05, 4.69) is 20.5 Å². The molecule has 7 heteroatoms. The molecule has 1 saturated carbocycles. The van der Waals surface area contributed by atoms with Gasteiger partial charge < -0.3 is 10.6 Å². The molecule has 0 atom stereocenters. The number of nitrogens with one attached hydrogen (secondary N) is 2. The number of amides is 2. The van der Waals surface area contributed by atoms with Gasteiger partial charge in [-0.3, -0.25) is 14.5 Å².